The van der Waals surface area contributed by atoms with Crippen molar-refractivity contribution in [2.45, 2.75) is 31.8 Å². The van der Waals surface area contributed by atoms with Crippen molar-refractivity contribution in [3.05, 3.63) is 54.2 Å². The van der Waals surface area contributed by atoms with E-state index in [-0.39, 0.29) is 12.1 Å². The Labute approximate surface area is 142 Å². The first-order valence-corrected chi connectivity index (χ1v) is 8.47. The number of furan rings is 1. The SMILES string of the molecule is O=C(NCc1ccco1)NC1CCN(CCc2ccncc2)CC1. The van der Waals surface area contributed by atoms with E-state index in [2.05, 4.69) is 32.7 Å². The number of urea groups is 1. The highest BCUT2D eigenvalue weighted by molar-refractivity contribution is 5.74. The quantitative estimate of drug-likeness (QED) is 0.853. The number of likely N-dealkylation sites (tertiary alicyclic amines) is 1. The summed E-state index contributed by atoms with van der Waals surface area (Å²) in [5.74, 6) is 0.760. The highest BCUT2D eigenvalue weighted by Crippen LogP contribution is 2.11. The smallest absolute Gasteiger partial charge is 0.315 e. The first-order valence-electron chi connectivity index (χ1n) is 8.47. The van der Waals surface area contributed by atoms with Crippen LogP contribution in [0.3, 0.4) is 0 Å². The van der Waals surface area contributed by atoms with Gasteiger partial charge in [0, 0.05) is 38.1 Å². The van der Waals surface area contributed by atoms with Gasteiger partial charge in [-0.05, 0) is 49.1 Å². The molecule has 0 aromatic carbocycles. The lowest BCUT2D eigenvalue weighted by atomic mass is 10.0. The second-order valence-corrected chi connectivity index (χ2v) is 6.13. The van der Waals surface area contributed by atoms with Crippen molar-refractivity contribution in [2.24, 2.45) is 0 Å². The van der Waals surface area contributed by atoms with Crippen molar-refractivity contribution in [1.82, 2.24) is 20.5 Å². The molecular formula is C18H24N4O2. The second kappa shape index (κ2) is 8.49. The molecule has 1 aliphatic rings. The molecule has 6 nitrogen and oxygen atoms in total. The van der Waals surface area contributed by atoms with Crippen LogP contribution in [0.4, 0.5) is 4.79 Å². The summed E-state index contributed by atoms with van der Waals surface area (Å²) in [6.45, 7) is 3.52. The predicted octanol–water partition coefficient (Wildman–Crippen LogP) is 2.18. The largest absolute Gasteiger partial charge is 0.467 e. The lowest BCUT2D eigenvalue weighted by molar-refractivity contribution is 0.193. The normalized spacial score (nSPS) is 16.0. The van der Waals surface area contributed by atoms with Gasteiger partial charge in [-0.25, -0.2) is 4.79 Å². The van der Waals surface area contributed by atoms with Gasteiger partial charge in [0.15, 0.2) is 0 Å². The number of pyridine rings is 1. The Kier molecular flexibility index (Phi) is 5.85. The molecule has 0 aliphatic carbocycles. The Morgan fingerprint density at radius 2 is 2.04 bits per heavy atom. The maximum Gasteiger partial charge on any atom is 0.315 e. The number of nitrogens with zero attached hydrogens (tertiary/aromatic N) is 2. The summed E-state index contributed by atoms with van der Waals surface area (Å²) in [6.07, 6.45) is 8.32. The molecule has 3 rings (SSSR count). The van der Waals surface area contributed by atoms with E-state index in [1.54, 1.807) is 6.26 Å². The number of carbonyl (C=O) groups is 1. The molecule has 2 aromatic heterocycles. The third kappa shape index (κ3) is 5.09. The zero-order chi connectivity index (χ0) is 16.6. The van der Waals surface area contributed by atoms with Gasteiger partial charge in [0.1, 0.15) is 5.76 Å². The molecule has 6 heteroatoms. The predicted molar refractivity (Wildman–Crippen MR) is 91.5 cm³/mol. The fourth-order valence-corrected chi connectivity index (χ4v) is 2.95. The zero-order valence-corrected chi connectivity index (χ0v) is 13.8. The second-order valence-electron chi connectivity index (χ2n) is 6.13. The van der Waals surface area contributed by atoms with Crippen LogP contribution >= 0.6 is 0 Å². The molecule has 0 radical (unpaired) electrons. The monoisotopic (exact) mass is 328 g/mol. The molecule has 2 N–H and O–H groups in total. The van der Waals surface area contributed by atoms with Gasteiger partial charge in [0.2, 0.25) is 0 Å². The van der Waals surface area contributed by atoms with Gasteiger partial charge >= 0.3 is 6.03 Å². The van der Waals surface area contributed by atoms with E-state index in [4.69, 9.17) is 4.42 Å². The first-order chi connectivity index (χ1) is 11.8. The fourth-order valence-electron chi connectivity index (χ4n) is 2.95. The van der Waals surface area contributed by atoms with Crippen LogP contribution < -0.4 is 10.6 Å². The van der Waals surface area contributed by atoms with E-state index in [9.17, 15) is 4.79 Å². The molecule has 128 valence electrons. The standard InChI is InChI=1S/C18H24N4O2/c23-18(20-14-17-2-1-13-24-17)21-16-6-11-22(12-7-16)10-5-15-3-8-19-9-4-15/h1-4,8-9,13,16H,5-7,10-12,14H2,(H2,20,21,23). The van der Waals surface area contributed by atoms with Gasteiger partial charge in [0.05, 0.1) is 12.8 Å². The van der Waals surface area contributed by atoms with Gasteiger partial charge in [-0.2, -0.15) is 0 Å². The van der Waals surface area contributed by atoms with E-state index >= 15 is 0 Å². The molecule has 0 saturated carbocycles. The van der Waals surface area contributed by atoms with Gasteiger partial charge in [-0.1, -0.05) is 0 Å². The minimum atomic E-state index is -0.123. The van der Waals surface area contributed by atoms with E-state index in [1.165, 1.54) is 5.56 Å². The fraction of sp³-hybridized carbons (Fsp3) is 0.444. The lowest BCUT2D eigenvalue weighted by Gasteiger charge is -2.32. The number of hydrogen-bond acceptors (Lipinski definition) is 4. The average Bonchev–Trinajstić information content (AvgIpc) is 3.14. The van der Waals surface area contributed by atoms with E-state index < -0.39 is 0 Å². The maximum atomic E-state index is 11.9. The zero-order valence-electron chi connectivity index (χ0n) is 13.8. The summed E-state index contributed by atoms with van der Waals surface area (Å²) in [7, 11) is 0. The number of piperidine rings is 1. The molecule has 3 heterocycles. The molecule has 0 atom stereocenters. The van der Waals surface area contributed by atoms with Crippen LogP contribution in [0.2, 0.25) is 0 Å². The van der Waals surface area contributed by atoms with Crippen molar-refractivity contribution in [2.75, 3.05) is 19.6 Å². The van der Waals surface area contributed by atoms with Crippen LogP contribution in [0.5, 0.6) is 0 Å². The van der Waals surface area contributed by atoms with Crippen molar-refractivity contribution in [3.8, 4) is 0 Å². The molecule has 0 spiro atoms. The maximum absolute atomic E-state index is 11.9. The molecule has 1 aliphatic heterocycles. The summed E-state index contributed by atoms with van der Waals surface area (Å²) >= 11 is 0. The molecular weight excluding hydrogens is 304 g/mol. The van der Waals surface area contributed by atoms with Crippen LogP contribution in [0.15, 0.2) is 47.3 Å². The number of rotatable bonds is 6. The Hall–Kier alpha value is -2.34. The van der Waals surface area contributed by atoms with Crippen LogP contribution in [-0.2, 0) is 13.0 Å². The summed E-state index contributed by atoms with van der Waals surface area (Å²) in [5, 5.41) is 5.88. The van der Waals surface area contributed by atoms with Gasteiger partial charge in [0.25, 0.3) is 0 Å². The Morgan fingerprint density at radius 1 is 1.25 bits per heavy atom. The Morgan fingerprint density at radius 3 is 2.75 bits per heavy atom. The van der Waals surface area contributed by atoms with Crippen LogP contribution in [0.1, 0.15) is 24.2 Å². The summed E-state index contributed by atoms with van der Waals surface area (Å²) in [6, 6.07) is 7.92. The van der Waals surface area contributed by atoms with Gasteiger partial charge in [-0.3, -0.25) is 4.98 Å². The number of aromatic nitrogens is 1. The van der Waals surface area contributed by atoms with E-state index in [1.807, 2.05) is 24.5 Å². The van der Waals surface area contributed by atoms with Crippen LogP contribution in [0.25, 0.3) is 0 Å². The Balaban J connectivity index is 1.32. The molecule has 0 bridgehead atoms. The van der Waals surface area contributed by atoms with Crippen LogP contribution in [-0.4, -0.2) is 41.6 Å². The summed E-state index contributed by atoms with van der Waals surface area (Å²) in [4.78, 5) is 18.4. The van der Waals surface area contributed by atoms with Crippen molar-refractivity contribution >= 4 is 6.03 Å². The van der Waals surface area contributed by atoms with E-state index in [0.29, 0.717) is 6.54 Å². The minimum Gasteiger partial charge on any atom is -0.467 e. The topological polar surface area (TPSA) is 70.4 Å². The molecule has 1 saturated heterocycles. The summed E-state index contributed by atoms with van der Waals surface area (Å²) in [5.41, 5.74) is 1.32. The Bertz CT molecular complexity index is 607. The molecule has 0 unspecified atom stereocenters. The number of hydrogen-bond donors (Lipinski definition) is 2. The minimum absolute atomic E-state index is 0.123. The molecule has 2 amide bonds. The number of nitrogens with one attached hydrogen (secondary N) is 2. The van der Waals surface area contributed by atoms with Gasteiger partial charge < -0.3 is 20.0 Å². The molecule has 2 aromatic rings. The number of carbonyl (C=O) groups excluding carboxylic acids is 1. The van der Waals surface area contributed by atoms with Crippen molar-refractivity contribution in [3.63, 3.8) is 0 Å². The molecule has 24 heavy (non-hydrogen) atoms. The van der Waals surface area contributed by atoms with E-state index in [0.717, 1.165) is 44.7 Å². The van der Waals surface area contributed by atoms with Crippen molar-refractivity contribution < 1.29 is 9.21 Å². The third-order valence-corrected chi connectivity index (χ3v) is 4.39. The summed E-state index contributed by atoms with van der Waals surface area (Å²) < 4.78 is 5.20. The number of amides is 2. The first kappa shape index (κ1) is 16.5. The third-order valence-electron chi connectivity index (χ3n) is 4.39. The van der Waals surface area contributed by atoms with Crippen molar-refractivity contribution in [1.29, 1.82) is 0 Å². The van der Waals surface area contributed by atoms with Crippen LogP contribution in [0, 0.1) is 0 Å². The highest BCUT2D eigenvalue weighted by Gasteiger charge is 2.20. The lowest BCUT2D eigenvalue weighted by Crippen LogP contribution is -2.48. The molecule has 1 fully saturated rings. The van der Waals surface area contributed by atoms with Gasteiger partial charge in [-0.15, -0.1) is 0 Å². The highest BCUT2D eigenvalue weighted by atomic mass is 16.3. The average molecular weight is 328 g/mol.